The number of carbonyl (C=O) groups excluding carboxylic acids is 2. The molecule has 0 bridgehead atoms. The van der Waals surface area contributed by atoms with Gasteiger partial charge in [-0.05, 0) is 32.0 Å². The van der Waals surface area contributed by atoms with Crippen molar-refractivity contribution in [2.24, 2.45) is 5.73 Å². The molecule has 3 N–H and O–H groups in total. The molecule has 114 valence electrons. The number of benzene rings is 1. The molecule has 0 aliphatic rings. The summed E-state index contributed by atoms with van der Waals surface area (Å²) >= 11 is 0. The maximum Gasteiger partial charge on any atom is 0.276 e. The fraction of sp³-hybridized carbons (Fsp3) is 0.200. The Balaban J connectivity index is 2.33. The first kappa shape index (κ1) is 15.4. The predicted molar refractivity (Wildman–Crippen MR) is 81.8 cm³/mol. The summed E-state index contributed by atoms with van der Waals surface area (Å²) in [4.78, 5) is 35.2. The quantitative estimate of drug-likeness (QED) is 0.883. The lowest BCUT2D eigenvalue weighted by molar-refractivity contribution is 0.100. The standard InChI is InChI=1S/C15H16N4O3/c1-9(2)19-13(20)8-7-12(18-19)15(22)17-11-6-4-3-5-10(11)14(16)21/h3-9H,1-2H3,(H2,16,21)(H,17,22). The summed E-state index contributed by atoms with van der Waals surface area (Å²) < 4.78 is 1.22. The lowest BCUT2D eigenvalue weighted by atomic mass is 10.1. The normalized spacial score (nSPS) is 10.5. The SMILES string of the molecule is CC(C)n1nc(C(=O)Nc2ccccc2C(N)=O)ccc1=O. The number of hydrogen-bond donors (Lipinski definition) is 2. The average molecular weight is 300 g/mol. The minimum Gasteiger partial charge on any atom is -0.366 e. The van der Waals surface area contributed by atoms with Crippen LogP contribution in [0.3, 0.4) is 0 Å². The van der Waals surface area contributed by atoms with Gasteiger partial charge in [0, 0.05) is 6.07 Å². The van der Waals surface area contributed by atoms with Crippen molar-refractivity contribution in [3.05, 3.63) is 58.0 Å². The second kappa shape index (κ2) is 6.21. The molecule has 2 aromatic rings. The molecule has 0 unspecified atom stereocenters. The molecule has 2 rings (SSSR count). The highest BCUT2D eigenvalue weighted by molar-refractivity contribution is 6.07. The van der Waals surface area contributed by atoms with Gasteiger partial charge in [0.15, 0.2) is 0 Å². The molecule has 0 aliphatic carbocycles. The molecule has 0 spiro atoms. The molecule has 2 amide bonds. The van der Waals surface area contributed by atoms with Gasteiger partial charge in [-0.3, -0.25) is 14.4 Å². The van der Waals surface area contributed by atoms with Gasteiger partial charge in [-0.1, -0.05) is 12.1 Å². The van der Waals surface area contributed by atoms with Crippen LogP contribution in [0.4, 0.5) is 5.69 Å². The second-order valence-corrected chi connectivity index (χ2v) is 4.96. The predicted octanol–water partition coefficient (Wildman–Crippen LogP) is 1.18. The highest BCUT2D eigenvalue weighted by Crippen LogP contribution is 2.15. The summed E-state index contributed by atoms with van der Waals surface area (Å²) in [6.07, 6.45) is 0. The van der Waals surface area contributed by atoms with Crippen molar-refractivity contribution >= 4 is 17.5 Å². The van der Waals surface area contributed by atoms with Crippen LogP contribution in [0.2, 0.25) is 0 Å². The zero-order chi connectivity index (χ0) is 16.3. The third-order valence-corrected chi connectivity index (χ3v) is 2.99. The topological polar surface area (TPSA) is 107 Å². The second-order valence-electron chi connectivity index (χ2n) is 4.96. The summed E-state index contributed by atoms with van der Waals surface area (Å²) in [5.41, 5.74) is 5.55. The van der Waals surface area contributed by atoms with Gasteiger partial charge in [0.25, 0.3) is 17.4 Å². The van der Waals surface area contributed by atoms with E-state index in [-0.39, 0.29) is 22.9 Å². The first-order valence-corrected chi connectivity index (χ1v) is 6.70. The van der Waals surface area contributed by atoms with Crippen LogP contribution in [0.15, 0.2) is 41.2 Å². The van der Waals surface area contributed by atoms with Gasteiger partial charge in [0.05, 0.1) is 17.3 Å². The Kier molecular flexibility index (Phi) is 4.36. The van der Waals surface area contributed by atoms with Crippen LogP contribution in [-0.4, -0.2) is 21.6 Å². The number of carbonyl (C=O) groups is 2. The van der Waals surface area contributed by atoms with Crippen LogP contribution in [0, 0.1) is 0 Å². The minimum atomic E-state index is -0.643. The number of primary amides is 1. The van der Waals surface area contributed by atoms with Crippen molar-refractivity contribution < 1.29 is 9.59 Å². The Hall–Kier alpha value is -2.96. The van der Waals surface area contributed by atoms with E-state index in [0.717, 1.165) is 0 Å². The van der Waals surface area contributed by atoms with Crippen molar-refractivity contribution in [1.29, 1.82) is 0 Å². The number of nitrogens with zero attached hydrogens (tertiary/aromatic N) is 2. The number of aromatic nitrogens is 2. The lowest BCUT2D eigenvalue weighted by Crippen LogP contribution is -2.27. The van der Waals surface area contributed by atoms with Crippen molar-refractivity contribution in [1.82, 2.24) is 9.78 Å². The maximum atomic E-state index is 12.2. The summed E-state index contributed by atoms with van der Waals surface area (Å²) in [7, 11) is 0. The molecular formula is C15H16N4O3. The zero-order valence-electron chi connectivity index (χ0n) is 12.2. The summed E-state index contributed by atoms with van der Waals surface area (Å²) in [6.45, 7) is 3.58. The van der Waals surface area contributed by atoms with Crippen molar-refractivity contribution in [3.8, 4) is 0 Å². The molecule has 0 saturated heterocycles. The zero-order valence-corrected chi connectivity index (χ0v) is 12.2. The molecule has 0 saturated carbocycles. The van der Waals surface area contributed by atoms with Crippen LogP contribution in [0.1, 0.15) is 40.7 Å². The molecule has 7 nitrogen and oxygen atoms in total. The largest absolute Gasteiger partial charge is 0.366 e. The Morgan fingerprint density at radius 1 is 1.18 bits per heavy atom. The number of nitrogens with one attached hydrogen (secondary N) is 1. The number of amides is 2. The van der Waals surface area contributed by atoms with Crippen LogP contribution in [0.5, 0.6) is 0 Å². The van der Waals surface area contributed by atoms with Crippen LogP contribution < -0.4 is 16.6 Å². The van der Waals surface area contributed by atoms with Gasteiger partial charge in [-0.25, -0.2) is 4.68 Å². The van der Waals surface area contributed by atoms with E-state index >= 15 is 0 Å². The van der Waals surface area contributed by atoms with E-state index in [1.165, 1.54) is 22.9 Å². The number of nitrogens with two attached hydrogens (primary N) is 1. The van der Waals surface area contributed by atoms with Crippen LogP contribution in [-0.2, 0) is 0 Å². The van der Waals surface area contributed by atoms with E-state index in [4.69, 9.17) is 5.73 Å². The first-order chi connectivity index (χ1) is 10.4. The van der Waals surface area contributed by atoms with Gasteiger partial charge in [-0.15, -0.1) is 0 Å². The molecule has 0 aliphatic heterocycles. The van der Waals surface area contributed by atoms with E-state index in [2.05, 4.69) is 10.4 Å². The maximum absolute atomic E-state index is 12.2. The fourth-order valence-electron chi connectivity index (χ4n) is 1.91. The van der Waals surface area contributed by atoms with Gasteiger partial charge in [-0.2, -0.15) is 5.10 Å². The molecule has 7 heteroatoms. The van der Waals surface area contributed by atoms with Crippen molar-refractivity contribution in [2.75, 3.05) is 5.32 Å². The van der Waals surface area contributed by atoms with E-state index in [1.807, 2.05) is 0 Å². The molecule has 1 aromatic heterocycles. The molecule has 22 heavy (non-hydrogen) atoms. The highest BCUT2D eigenvalue weighted by Gasteiger charge is 2.14. The number of anilines is 1. The molecular weight excluding hydrogens is 284 g/mol. The highest BCUT2D eigenvalue weighted by atomic mass is 16.2. The monoisotopic (exact) mass is 300 g/mol. The van der Waals surface area contributed by atoms with Crippen LogP contribution in [0.25, 0.3) is 0 Å². The van der Waals surface area contributed by atoms with E-state index in [9.17, 15) is 14.4 Å². The molecule has 1 aromatic carbocycles. The van der Waals surface area contributed by atoms with Crippen molar-refractivity contribution in [3.63, 3.8) is 0 Å². The van der Waals surface area contributed by atoms with Gasteiger partial charge < -0.3 is 11.1 Å². The fourth-order valence-corrected chi connectivity index (χ4v) is 1.91. The summed E-state index contributed by atoms with van der Waals surface area (Å²) in [5, 5.41) is 6.59. The Bertz CT molecular complexity index is 780. The van der Waals surface area contributed by atoms with Gasteiger partial charge in [0.1, 0.15) is 5.69 Å². The Morgan fingerprint density at radius 3 is 2.50 bits per heavy atom. The van der Waals surface area contributed by atoms with Crippen LogP contribution >= 0.6 is 0 Å². The van der Waals surface area contributed by atoms with Gasteiger partial charge in [0.2, 0.25) is 0 Å². The third kappa shape index (κ3) is 3.20. The first-order valence-electron chi connectivity index (χ1n) is 6.70. The smallest absolute Gasteiger partial charge is 0.276 e. The van der Waals surface area contributed by atoms with Crippen molar-refractivity contribution in [2.45, 2.75) is 19.9 Å². The Labute approximate surface area is 126 Å². The molecule has 0 radical (unpaired) electrons. The number of para-hydroxylation sites is 1. The molecule has 1 heterocycles. The summed E-state index contributed by atoms with van der Waals surface area (Å²) in [6, 6.07) is 8.85. The molecule has 0 fully saturated rings. The third-order valence-electron chi connectivity index (χ3n) is 2.99. The van der Waals surface area contributed by atoms with E-state index in [0.29, 0.717) is 5.69 Å². The van der Waals surface area contributed by atoms with Gasteiger partial charge >= 0.3 is 0 Å². The Morgan fingerprint density at radius 2 is 1.86 bits per heavy atom. The minimum absolute atomic E-state index is 0.0765. The number of rotatable bonds is 4. The number of hydrogen-bond acceptors (Lipinski definition) is 4. The van der Waals surface area contributed by atoms with E-state index < -0.39 is 11.8 Å². The van der Waals surface area contributed by atoms with E-state index in [1.54, 1.807) is 32.0 Å². The average Bonchev–Trinajstić information content (AvgIpc) is 2.47. The lowest BCUT2D eigenvalue weighted by Gasteiger charge is -2.11. The molecule has 0 atom stereocenters. The summed E-state index contributed by atoms with van der Waals surface area (Å²) in [5.74, 6) is -1.17.